The predicted octanol–water partition coefficient (Wildman–Crippen LogP) is 4.04. The molecule has 0 fully saturated rings. The number of nitrogens with one attached hydrogen (secondary N) is 1. The summed E-state index contributed by atoms with van der Waals surface area (Å²) in [4.78, 5) is 12.4. The summed E-state index contributed by atoms with van der Waals surface area (Å²) < 4.78 is 34.5. The van der Waals surface area contributed by atoms with Gasteiger partial charge in [0.15, 0.2) is 17.3 Å². The Labute approximate surface area is 161 Å². The van der Waals surface area contributed by atoms with Crippen molar-refractivity contribution in [2.45, 2.75) is 6.54 Å². The standard InChI is InChI=1S/C21H20FNO5/c1-25-18-11-20(27-3)19(26-2)10-14(18)12-23-21(24)17-9-8-16(28-17)13-4-6-15(22)7-5-13/h4-11H,12H2,1-3H3,(H,23,24). The van der Waals surface area contributed by atoms with E-state index in [1.54, 1.807) is 36.4 Å². The summed E-state index contributed by atoms with van der Waals surface area (Å²) >= 11 is 0. The molecule has 1 amide bonds. The molecule has 0 aliphatic carbocycles. The zero-order valence-corrected chi connectivity index (χ0v) is 15.7. The number of amides is 1. The Hall–Kier alpha value is -3.48. The van der Waals surface area contributed by atoms with E-state index in [1.807, 2.05) is 0 Å². The molecule has 0 aliphatic heterocycles. The second-order valence-electron chi connectivity index (χ2n) is 5.87. The van der Waals surface area contributed by atoms with E-state index in [1.165, 1.54) is 33.5 Å². The minimum absolute atomic E-state index is 0.152. The van der Waals surface area contributed by atoms with Crippen LogP contribution in [0.5, 0.6) is 17.2 Å². The molecule has 0 saturated carbocycles. The van der Waals surface area contributed by atoms with Crippen LogP contribution in [0.1, 0.15) is 16.1 Å². The first-order chi connectivity index (χ1) is 13.5. The third-order valence-corrected chi connectivity index (χ3v) is 4.18. The zero-order valence-electron chi connectivity index (χ0n) is 15.7. The fourth-order valence-electron chi connectivity index (χ4n) is 2.72. The molecular weight excluding hydrogens is 365 g/mol. The number of ether oxygens (including phenoxy) is 3. The van der Waals surface area contributed by atoms with Crippen molar-refractivity contribution in [2.24, 2.45) is 0 Å². The van der Waals surface area contributed by atoms with Gasteiger partial charge in [0, 0.05) is 23.7 Å². The number of hydrogen-bond acceptors (Lipinski definition) is 5. The van der Waals surface area contributed by atoms with Crippen molar-refractivity contribution in [1.82, 2.24) is 5.32 Å². The Balaban J connectivity index is 1.73. The number of carbonyl (C=O) groups is 1. The molecule has 0 spiro atoms. The molecule has 1 heterocycles. The van der Waals surface area contributed by atoms with Crippen molar-refractivity contribution in [3.05, 3.63) is 65.7 Å². The predicted molar refractivity (Wildman–Crippen MR) is 101 cm³/mol. The van der Waals surface area contributed by atoms with Crippen LogP contribution in [0, 0.1) is 5.82 Å². The summed E-state index contributed by atoms with van der Waals surface area (Å²) in [7, 11) is 4.61. The van der Waals surface area contributed by atoms with Gasteiger partial charge in [0.25, 0.3) is 5.91 Å². The molecular formula is C21H20FNO5. The van der Waals surface area contributed by atoms with Crippen LogP contribution in [-0.4, -0.2) is 27.2 Å². The highest BCUT2D eigenvalue weighted by molar-refractivity contribution is 5.92. The summed E-state index contributed by atoms with van der Waals surface area (Å²) in [6.07, 6.45) is 0. The van der Waals surface area contributed by atoms with Gasteiger partial charge in [-0.2, -0.15) is 0 Å². The van der Waals surface area contributed by atoms with Crippen LogP contribution in [0.3, 0.4) is 0 Å². The molecule has 0 atom stereocenters. The van der Waals surface area contributed by atoms with Crippen LogP contribution < -0.4 is 19.5 Å². The van der Waals surface area contributed by atoms with Crippen LogP contribution in [-0.2, 0) is 6.54 Å². The Morgan fingerprint density at radius 2 is 1.57 bits per heavy atom. The Morgan fingerprint density at radius 3 is 2.21 bits per heavy atom. The molecule has 0 unspecified atom stereocenters. The summed E-state index contributed by atoms with van der Waals surface area (Å²) in [6, 6.07) is 12.5. The molecule has 2 aromatic carbocycles. The van der Waals surface area contributed by atoms with Gasteiger partial charge < -0.3 is 23.9 Å². The van der Waals surface area contributed by atoms with Crippen molar-refractivity contribution in [1.29, 1.82) is 0 Å². The largest absolute Gasteiger partial charge is 0.496 e. The number of hydrogen-bond donors (Lipinski definition) is 1. The lowest BCUT2D eigenvalue weighted by Crippen LogP contribution is -2.22. The number of rotatable bonds is 7. The molecule has 0 saturated heterocycles. The van der Waals surface area contributed by atoms with Crippen molar-refractivity contribution in [3.8, 4) is 28.6 Å². The van der Waals surface area contributed by atoms with Gasteiger partial charge in [-0.05, 0) is 42.5 Å². The van der Waals surface area contributed by atoms with Gasteiger partial charge in [0.2, 0.25) is 0 Å². The Kier molecular flexibility index (Phi) is 5.84. The van der Waals surface area contributed by atoms with Crippen LogP contribution in [0.2, 0.25) is 0 Å². The molecule has 6 nitrogen and oxygen atoms in total. The number of carbonyl (C=O) groups excluding carboxylic acids is 1. The summed E-state index contributed by atoms with van der Waals surface area (Å²) in [5.74, 6) is 1.54. The monoisotopic (exact) mass is 385 g/mol. The maximum Gasteiger partial charge on any atom is 0.287 e. The first-order valence-corrected chi connectivity index (χ1v) is 8.48. The number of halogens is 1. The van der Waals surface area contributed by atoms with E-state index < -0.39 is 0 Å². The van der Waals surface area contributed by atoms with E-state index in [0.29, 0.717) is 28.6 Å². The summed E-state index contributed by atoms with van der Waals surface area (Å²) in [6.45, 7) is 0.203. The maximum atomic E-state index is 13.0. The molecule has 28 heavy (non-hydrogen) atoms. The van der Waals surface area contributed by atoms with Gasteiger partial charge in [0.1, 0.15) is 17.3 Å². The van der Waals surface area contributed by atoms with E-state index in [9.17, 15) is 9.18 Å². The third kappa shape index (κ3) is 4.09. The van der Waals surface area contributed by atoms with Gasteiger partial charge in [-0.1, -0.05) is 0 Å². The molecule has 3 aromatic rings. The second kappa shape index (κ2) is 8.47. The quantitative estimate of drug-likeness (QED) is 0.665. The van der Waals surface area contributed by atoms with Gasteiger partial charge in [-0.3, -0.25) is 4.79 Å². The Bertz CT molecular complexity index is 965. The highest BCUT2D eigenvalue weighted by atomic mass is 19.1. The lowest BCUT2D eigenvalue weighted by Gasteiger charge is -2.14. The molecule has 0 radical (unpaired) electrons. The van der Waals surface area contributed by atoms with Crippen LogP contribution in [0.15, 0.2) is 52.9 Å². The normalized spacial score (nSPS) is 10.4. The smallest absolute Gasteiger partial charge is 0.287 e. The van der Waals surface area contributed by atoms with Gasteiger partial charge in [0.05, 0.1) is 21.3 Å². The van der Waals surface area contributed by atoms with Gasteiger partial charge in [-0.15, -0.1) is 0 Å². The summed E-state index contributed by atoms with van der Waals surface area (Å²) in [5, 5.41) is 2.78. The van der Waals surface area contributed by atoms with Gasteiger partial charge in [-0.25, -0.2) is 4.39 Å². The third-order valence-electron chi connectivity index (χ3n) is 4.18. The fraction of sp³-hybridized carbons (Fsp3) is 0.190. The van der Waals surface area contributed by atoms with E-state index >= 15 is 0 Å². The lowest BCUT2D eigenvalue weighted by atomic mass is 10.1. The van der Waals surface area contributed by atoms with Crippen molar-refractivity contribution >= 4 is 5.91 Å². The highest BCUT2D eigenvalue weighted by Gasteiger charge is 2.15. The topological polar surface area (TPSA) is 69.9 Å². The molecule has 0 bridgehead atoms. The van der Waals surface area contributed by atoms with Crippen LogP contribution >= 0.6 is 0 Å². The summed E-state index contributed by atoms with van der Waals surface area (Å²) in [5.41, 5.74) is 1.40. The van der Waals surface area contributed by atoms with Crippen molar-refractivity contribution < 1.29 is 27.8 Å². The average molecular weight is 385 g/mol. The zero-order chi connectivity index (χ0) is 20.1. The first-order valence-electron chi connectivity index (χ1n) is 8.48. The van der Waals surface area contributed by atoms with E-state index in [2.05, 4.69) is 5.32 Å². The molecule has 146 valence electrons. The molecule has 3 rings (SSSR count). The van der Waals surface area contributed by atoms with Crippen LogP contribution in [0.25, 0.3) is 11.3 Å². The van der Waals surface area contributed by atoms with Crippen molar-refractivity contribution in [3.63, 3.8) is 0 Å². The fourth-order valence-corrected chi connectivity index (χ4v) is 2.72. The minimum atomic E-state index is -0.384. The van der Waals surface area contributed by atoms with E-state index in [-0.39, 0.29) is 24.0 Å². The minimum Gasteiger partial charge on any atom is -0.496 e. The Morgan fingerprint density at radius 1 is 0.929 bits per heavy atom. The SMILES string of the molecule is COc1cc(OC)c(OC)cc1CNC(=O)c1ccc(-c2ccc(F)cc2)o1. The first kappa shape index (κ1) is 19.3. The molecule has 1 N–H and O–H groups in total. The van der Waals surface area contributed by atoms with Crippen LogP contribution in [0.4, 0.5) is 4.39 Å². The maximum absolute atomic E-state index is 13.0. The average Bonchev–Trinajstić information content (AvgIpc) is 3.22. The van der Waals surface area contributed by atoms with Gasteiger partial charge >= 0.3 is 0 Å². The molecule has 7 heteroatoms. The number of methoxy groups -OCH3 is 3. The molecule has 0 aliphatic rings. The lowest BCUT2D eigenvalue weighted by molar-refractivity contribution is 0.0923. The number of furan rings is 1. The van der Waals surface area contributed by atoms with E-state index in [0.717, 1.165) is 5.56 Å². The molecule has 1 aromatic heterocycles. The van der Waals surface area contributed by atoms with E-state index in [4.69, 9.17) is 18.6 Å². The highest BCUT2D eigenvalue weighted by Crippen LogP contribution is 2.34. The number of benzene rings is 2. The second-order valence-corrected chi connectivity index (χ2v) is 5.87. The van der Waals surface area contributed by atoms with Crippen molar-refractivity contribution in [2.75, 3.05) is 21.3 Å².